The smallest absolute Gasteiger partial charge is 0.406 e. The summed E-state index contributed by atoms with van der Waals surface area (Å²) in [6.07, 6.45) is -1.76. The van der Waals surface area contributed by atoms with Crippen molar-refractivity contribution >= 4 is 45.9 Å². The standard InChI is InChI=1S/C30H27F3N6O2S2/c1-3-21-16-19(2)4-13-25(21)39-26(40)17-43-29(39)36-28(42)34-15-14-20-5-7-22(8-6-20)27-35-18-38(37-27)23-9-11-24(12-10-23)41-30(31,32)33/h4-13,16,18H,3,14-15,17H2,1-2H3,(H,34,42)/b36-29-. The minimum Gasteiger partial charge on any atom is -0.406 e. The highest BCUT2D eigenvalue weighted by Gasteiger charge is 2.32. The maximum absolute atomic E-state index is 12.7. The van der Waals surface area contributed by atoms with Crippen molar-refractivity contribution in [1.82, 2.24) is 20.1 Å². The Kier molecular flexibility index (Phi) is 9.11. The third-order valence-electron chi connectivity index (χ3n) is 6.55. The zero-order valence-electron chi connectivity index (χ0n) is 23.3. The molecule has 5 rings (SSSR count). The van der Waals surface area contributed by atoms with Gasteiger partial charge < -0.3 is 10.1 Å². The molecule has 1 amide bonds. The van der Waals surface area contributed by atoms with Crippen LogP contribution in [-0.4, -0.2) is 49.6 Å². The number of aryl methyl sites for hydroxylation is 2. The molecule has 0 saturated carbocycles. The fourth-order valence-electron chi connectivity index (χ4n) is 4.48. The number of nitrogens with one attached hydrogen (secondary N) is 1. The molecule has 1 aliphatic heterocycles. The molecule has 13 heteroatoms. The summed E-state index contributed by atoms with van der Waals surface area (Å²) in [5, 5.41) is 8.48. The van der Waals surface area contributed by atoms with Gasteiger partial charge in [0.1, 0.15) is 12.1 Å². The van der Waals surface area contributed by atoms with Crippen LogP contribution in [0.25, 0.3) is 17.1 Å². The van der Waals surface area contributed by atoms with Gasteiger partial charge >= 0.3 is 6.36 Å². The number of hydrogen-bond donors (Lipinski definition) is 1. The van der Waals surface area contributed by atoms with Crippen molar-refractivity contribution < 1.29 is 22.7 Å². The van der Waals surface area contributed by atoms with Crippen molar-refractivity contribution in [2.24, 2.45) is 4.99 Å². The minimum atomic E-state index is -4.75. The van der Waals surface area contributed by atoms with Crippen LogP contribution >= 0.6 is 24.0 Å². The number of amidine groups is 1. The van der Waals surface area contributed by atoms with E-state index in [4.69, 9.17) is 12.2 Å². The van der Waals surface area contributed by atoms with Crippen molar-refractivity contribution in [3.05, 3.63) is 89.7 Å². The number of aromatic nitrogens is 3. The summed E-state index contributed by atoms with van der Waals surface area (Å²) in [7, 11) is 0. The summed E-state index contributed by atoms with van der Waals surface area (Å²) in [6.45, 7) is 4.65. The van der Waals surface area contributed by atoms with Crippen LogP contribution in [0.4, 0.5) is 18.9 Å². The van der Waals surface area contributed by atoms with Gasteiger partial charge in [-0.15, -0.1) is 18.3 Å². The zero-order valence-corrected chi connectivity index (χ0v) is 24.9. The predicted octanol–water partition coefficient (Wildman–Crippen LogP) is 6.26. The second kappa shape index (κ2) is 13.0. The molecule has 1 N–H and O–H groups in total. The second-order valence-corrected chi connectivity index (χ2v) is 11.0. The van der Waals surface area contributed by atoms with Gasteiger partial charge in [-0.25, -0.2) is 9.67 Å². The van der Waals surface area contributed by atoms with E-state index in [-0.39, 0.29) is 11.7 Å². The molecule has 1 aliphatic rings. The number of carbonyl (C=O) groups excluding carboxylic acids is 1. The molecule has 0 bridgehead atoms. The second-order valence-electron chi connectivity index (χ2n) is 9.63. The Morgan fingerprint density at radius 1 is 1.12 bits per heavy atom. The Bertz CT molecular complexity index is 1650. The van der Waals surface area contributed by atoms with Gasteiger partial charge in [0.2, 0.25) is 5.91 Å². The lowest BCUT2D eigenvalue weighted by Crippen LogP contribution is -2.32. The highest BCUT2D eigenvalue weighted by Crippen LogP contribution is 2.31. The number of nitrogens with zero attached hydrogens (tertiary/aromatic N) is 5. The molecule has 0 radical (unpaired) electrons. The van der Waals surface area contributed by atoms with E-state index in [2.05, 4.69) is 38.1 Å². The van der Waals surface area contributed by atoms with E-state index in [1.165, 1.54) is 47.0 Å². The summed E-state index contributed by atoms with van der Waals surface area (Å²) in [6, 6.07) is 19.2. The van der Waals surface area contributed by atoms with Gasteiger partial charge in [0.15, 0.2) is 16.1 Å². The van der Waals surface area contributed by atoms with Gasteiger partial charge in [-0.3, -0.25) is 9.69 Å². The summed E-state index contributed by atoms with van der Waals surface area (Å²) in [4.78, 5) is 23.2. The topological polar surface area (TPSA) is 84.6 Å². The minimum absolute atomic E-state index is 0.0158. The molecule has 0 atom stereocenters. The van der Waals surface area contributed by atoms with E-state index < -0.39 is 6.36 Å². The van der Waals surface area contributed by atoms with E-state index in [1.54, 1.807) is 4.90 Å². The van der Waals surface area contributed by atoms with Gasteiger partial charge in [0.05, 0.1) is 17.1 Å². The molecule has 3 aromatic carbocycles. The molecule has 1 aromatic heterocycles. The average Bonchev–Trinajstić information content (AvgIpc) is 3.60. The molecule has 222 valence electrons. The number of amides is 1. The first-order valence-electron chi connectivity index (χ1n) is 13.4. The molecule has 0 aliphatic carbocycles. The molecule has 2 heterocycles. The van der Waals surface area contributed by atoms with Gasteiger partial charge in [-0.2, -0.15) is 4.99 Å². The third kappa shape index (κ3) is 7.59. The fourth-order valence-corrected chi connectivity index (χ4v) is 5.59. The Morgan fingerprint density at radius 3 is 2.56 bits per heavy atom. The quantitative estimate of drug-likeness (QED) is 0.232. The molecule has 1 saturated heterocycles. The van der Waals surface area contributed by atoms with Gasteiger partial charge in [0, 0.05) is 12.1 Å². The van der Waals surface area contributed by atoms with Crippen LogP contribution in [-0.2, 0) is 17.6 Å². The molecular weight excluding hydrogens is 597 g/mol. The molecule has 8 nitrogen and oxygen atoms in total. The molecule has 1 fully saturated rings. The SMILES string of the molecule is CCc1cc(C)ccc1N1C(=O)CS/C1=N\C(=S)NCCc1ccc(-c2ncn(-c3ccc(OC(F)(F)F)cc3)n2)cc1. The maximum atomic E-state index is 12.7. The number of hydrogen-bond acceptors (Lipinski definition) is 6. The number of benzene rings is 3. The van der Waals surface area contributed by atoms with Crippen LogP contribution in [0.3, 0.4) is 0 Å². The summed E-state index contributed by atoms with van der Waals surface area (Å²) in [5.74, 6) is 0.474. The summed E-state index contributed by atoms with van der Waals surface area (Å²) >= 11 is 6.84. The highest BCUT2D eigenvalue weighted by atomic mass is 32.2. The number of aliphatic imine (C=N–C) groups is 1. The molecule has 43 heavy (non-hydrogen) atoms. The largest absolute Gasteiger partial charge is 0.573 e. The van der Waals surface area contributed by atoms with Crippen molar-refractivity contribution in [1.29, 1.82) is 0 Å². The van der Waals surface area contributed by atoms with Gasteiger partial charge in [-0.05, 0) is 73.4 Å². The van der Waals surface area contributed by atoms with E-state index in [9.17, 15) is 18.0 Å². The van der Waals surface area contributed by atoms with E-state index >= 15 is 0 Å². The number of alkyl halides is 3. The van der Waals surface area contributed by atoms with Crippen LogP contribution in [0.2, 0.25) is 0 Å². The van der Waals surface area contributed by atoms with Gasteiger partial charge in [-0.1, -0.05) is 60.6 Å². The van der Waals surface area contributed by atoms with Crippen molar-refractivity contribution in [3.63, 3.8) is 0 Å². The van der Waals surface area contributed by atoms with Crippen LogP contribution in [0, 0.1) is 6.92 Å². The Hall–Kier alpha value is -4.23. The lowest BCUT2D eigenvalue weighted by Gasteiger charge is -2.20. The number of rotatable bonds is 8. The van der Waals surface area contributed by atoms with Crippen LogP contribution < -0.4 is 15.0 Å². The number of halogens is 3. The van der Waals surface area contributed by atoms with Crippen molar-refractivity contribution in [3.8, 4) is 22.8 Å². The average molecular weight is 625 g/mol. The van der Waals surface area contributed by atoms with E-state index in [0.29, 0.717) is 40.5 Å². The highest BCUT2D eigenvalue weighted by molar-refractivity contribution is 8.15. The first-order valence-corrected chi connectivity index (χ1v) is 14.8. The molecule has 0 unspecified atom stereocenters. The number of carbonyl (C=O) groups is 1. The van der Waals surface area contributed by atoms with E-state index in [1.807, 2.05) is 43.3 Å². The lowest BCUT2D eigenvalue weighted by molar-refractivity contribution is -0.274. The maximum Gasteiger partial charge on any atom is 0.573 e. The fraction of sp³-hybridized carbons (Fsp3) is 0.233. The molecule has 0 spiro atoms. The number of anilines is 1. The van der Waals surface area contributed by atoms with Crippen molar-refractivity contribution in [2.75, 3.05) is 17.2 Å². The van der Waals surface area contributed by atoms with Crippen LogP contribution in [0.15, 0.2) is 78.0 Å². The third-order valence-corrected chi connectivity index (χ3v) is 7.71. The van der Waals surface area contributed by atoms with E-state index in [0.717, 1.165) is 34.4 Å². The monoisotopic (exact) mass is 624 g/mol. The van der Waals surface area contributed by atoms with Crippen LogP contribution in [0.1, 0.15) is 23.6 Å². The van der Waals surface area contributed by atoms with Gasteiger partial charge in [0.25, 0.3) is 0 Å². The number of thiocarbonyl (C=S) groups is 1. The predicted molar refractivity (Wildman–Crippen MR) is 166 cm³/mol. The first-order chi connectivity index (χ1) is 20.6. The van der Waals surface area contributed by atoms with Crippen molar-refractivity contribution in [2.45, 2.75) is 33.1 Å². The Morgan fingerprint density at radius 2 is 1.86 bits per heavy atom. The number of thioether (sulfide) groups is 1. The van der Waals surface area contributed by atoms with Crippen LogP contribution in [0.5, 0.6) is 5.75 Å². The number of ether oxygens (including phenoxy) is 1. The lowest BCUT2D eigenvalue weighted by atomic mass is 10.1. The molecular formula is C30H27F3N6O2S2. The zero-order chi connectivity index (χ0) is 30.6. The molecule has 4 aromatic rings. The first kappa shape index (κ1) is 30.2. The normalized spacial score (nSPS) is 14.4. The Labute approximate surface area is 256 Å². The Balaban J connectivity index is 1.16. The summed E-state index contributed by atoms with van der Waals surface area (Å²) in [5.41, 5.74) is 5.47. The summed E-state index contributed by atoms with van der Waals surface area (Å²) < 4.78 is 42.6.